The summed E-state index contributed by atoms with van der Waals surface area (Å²) < 4.78 is 5.58. The second-order valence-corrected chi connectivity index (χ2v) is 7.19. The van der Waals surface area contributed by atoms with Crippen LogP contribution in [-0.4, -0.2) is 11.9 Å². The number of hydrogen-bond donors (Lipinski definition) is 0. The van der Waals surface area contributed by atoms with Crippen LogP contribution in [0.25, 0.3) is 0 Å². The average Bonchev–Trinajstić information content (AvgIpc) is 2.26. The van der Waals surface area contributed by atoms with Gasteiger partial charge in [-0.15, -0.1) is 0 Å². The molecule has 1 aromatic carbocycles. The molecule has 0 heterocycles. The zero-order valence-corrected chi connectivity index (χ0v) is 13.7. The van der Waals surface area contributed by atoms with Crippen LogP contribution < -0.4 is 4.74 Å². The van der Waals surface area contributed by atoms with E-state index >= 15 is 0 Å². The fraction of sp³-hybridized carbons (Fsp3) is 0.611. The lowest BCUT2D eigenvalue weighted by Gasteiger charge is -2.22. The van der Waals surface area contributed by atoms with Crippen molar-refractivity contribution in [2.75, 3.05) is 0 Å². The molecule has 0 radical (unpaired) electrons. The van der Waals surface area contributed by atoms with E-state index in [0.29, 0.717) is 12.3 Å². The summed E-state index contributed by atoms with van der Waals surface area (Å²) in [5.41, 5.74) is 1.05. The van der Waals surface area contributed by atoms with Crippen molar-refractivity contribution in [3.05, 3.63) is 29.8 Å². The Kier molecular flexibility index (Phi) is 5.79. The van der Waals surface area contributed by atoms with E-state index in [-0.39, 0.29) is 17.3 Å². The fourth-order valence-corrected chi connectivity index (χ4v) is 2.54. The third-order valence-electron chi connectivity index (χ3n) is 3.04. The Balaban J connectivity index is 2.59. The average molecular weight is 276 g/mol. The maximum Gasteiger partial charge on any atom is 0.163 e. The molecule has 1 aromatic rings. The van der Waals surface area contributed by atoms with E-state index in [2.05, 4.69) is 27.7 Å². The van der Waals surface area contributed by atoms with Crippen molar-refractivity contribution in [2.45, 2.75) is 60.5 Å². The second kappa shape index (κ2) is 6.92. The molecule has 0 bridgehead atoms. The normalized spacial score (nSPS) is 13.3. The summed E-state index contributed by atoms with van der Waals surface area (Å²) in [7, 11) is 0. The quantitative estimate of drug-likeness (QED) is 0.674. The third-order valence-corrected chi connectivity index (χ3v) is 3.04. The van der Waals surface area contributed by atoms with Gasteiger partial charge in [-0.1, -0.05) is 27.7 Å². The molecule has 0 aliphatic carbocycles. The summed E-state index contributed by atoms with van der Waals surface area (Å²) in [6, 6.07) is 7.48. The number of Topliss-reactive ketones (excluding diaryl/α,β-unsaturated/α-hetero) is 1. The zero-order chi connectivity index (χ0) is 15.3. The Labute approximate surface area is 123 Å². The zero-order valence-electron chi connectivity index (χ0n) is 13.7. The van der Waals surface area contributed by atoms with Crippen LogP contribution in [0.15, 0.2) is 24.3 Å². The molecule has 0 N–H and O–H groups in total. The van der Waals surface area contributed by atoms with E-state index in [9.17, 15) is 4.79 Å². The van der Waals surface area contributed by atoms with Crippen molar-refractivity contribution in [3.63, 3.8) is 0 Å². The van der Waals surface area contributed by atoms with Gasteiger partial charge in [0.1, 0.15) is 5.75 Å². The number of carbonyl (C=O) groups is 1. The minimum absolute atomic E-state index is 0.156. The number of rotatable bonds is 6. The predicted molar refractivity (Wildman–Crippen MR) is 84.4 cm³/mol. The minimum Gasteiger partial charge on any atom is -0.491 e. The number of ether oxygens (including phenoxy) is 1. The molecule has 112 valence electrons. The summed E-state index contributed by atoms with van der Waals surface area (Å²) >= 11 is 0. The lowest BCUT2D eigenvalue weighted by Crippen LogP contribution is -2.14. The Bertz CT molecular complexity index is 424. The first-order valence-corrected chi connectivity index (χ1v) is 7.47. The number of carbonyl (C=O) groups excluding carboxylic acids is 1. The highest BCUT2D eigenvalue weighted by atomic mass is 16.5. The molecule has 0 saturated heterocycles. The van der Waals surface area contributed by atoms with Crippen molar-refractivity contribution in [1.82, 2.24) is 0 Å². The number of hydrogen-bond acceptors (Lipinski definition) is 2. The third kappa shape index (κ3) is 6.23. The van der Waals surface area contributed by atoms with Crippen LogP contribution in [0.5, 0.6) is 5.75 Å². The predicted octanol–water partition coefficient (Wildman–Crippen LogP) is 5.12. The van der Waals surface area contributed by atoms with Gasteiger partial charge in [0.25, 0.3) is 0 Å². The van der Waals surface area contributed by atoms with Crippen molar-refractivity contribution >= 4 is 5.78 Å². The molecule has 0 aliphatic rings. The van der Waals surface area contributed by atoms with E-state index in [1.165, 1.54) is 0 Å². The monoisotopic (exact) mass is 276 g/mol. The SMILES string of the molecule is CC(CC(=O)c1ccc(OC(C)C)cc1)CC(C)(C)C. The van der Waals surface area contributed by atoms with Crippen molar-refractivity contribution < 1.29 is 9.53 Å². The molecule has 0 spiro atoms. The molecule has 1 atom stereocenters. The first-order chi connectivity index (χ1) is 9.17. The van der Waals surface area contributed by atoms with E-state index < -0.39 is 0 Å². The molecular weight excluding hydrogens is 248 g/mol. The second-order valence-electron chi connectivity index (χ2n) is 7.19. The van der Waals surface area contributed by atoms with Gasteiger partial charge < -0.3 is 4.74 Å². The molecular formula is C18H28O2. The van der Waals surface area contributed by atoms with Crippen molar-refractivity contribution in [3.8, 4) is 5.75 Å². The van der Waals surface area contributed by atoms with Gasteiger partial charge in [0.2, 0.25) is 0 Å². The number of benzene rings is 1. The molecule has 2 heteroatoms. The Morgan fingerprint density at radius 2 is 1.65 bits per heavy atom. The van der Waals surface area contributed by atoms with Gasteiger partial charge in [0.05, 0.1) is 6.10 Å². The molecule has 0 aromatic heterocycles. The summed E-state index contributed by atoms with van der Waals surface area (Å²) in [6.07, 6.45) is 1.83. The van der Waals surface area contributed by atoms with E-state index in [1.54, 1.807) is 0 Å². The highest BCUT2D eigenvalue weighted by Gasteiger charge is 2.18. The first kappa shape index (κ1) is 16.7. The lowest BCUT2D eigenvalue weighted by atomic mass is 9.83. The van der Waals surface area contributed by atoms with Crippen LogP contribution in [0.1, 0.15) is 64.7 Å². The maximum absolute atomic E-state index is 12.2. The number of ketones is 1. The Hall–Kier alpha value is -1.31. The summed E-state index contributed by atoms with van der Waals surface area (Å²) in [5.74, 6) is 1.45. The molecule has 0 saturated carbocycles. The van der Waals surface area contributed by atoms with Gasteiger partial charge in [-0.05, 0) is 55.9 Å². The van der Waals surface area contributed by atoms with Gasteiger partial charge in [-0.3, -0.25) is 4.79 Å². The van der Waals surface area contributed by atoms with Crippen molar-refractivity contribution in [1.29, 1.82) is 0 Å². The molecule has 1 rings (SSSR count). The van der Waals surface area contributed by atoms with Crippen molar-refractivity contribution in [2.24, 2.45) is 11.3 Å². The van der Waals surface area contributed by atoms with Crippen LogP contribution in [0, 0.1) is 11.3 Å². The van der Waals surface area contributed by atoms with Gasteiger partial charge in [-0.2, -0.15) is 0 Å². The summed E-state index contributed by atoms with van der Waals surface area (Å²) in [5, 5.41) is 0. The molecule has 0 aliphatic heterocycles. The van der Waals surface area contributed by atoms with Crippen LogP contribution in [0.4, 0.5) is 0 Å². The highest BCUT2D eigenvalue weighted by molar-refractivity contribution is 5.96. The van der Waals surface area contributed by atoms with E-state index in [1.807, 2.05) is 38.1 Å². The summed E-state index contributed by atoms with van der Waals surface area (Å²) in [4.78, 5) is 12.2. The lowest BCUT2D eigenvalue weighted by molar-refractivity contribution is 0.0954. The molecule has 2 nitrogen and oxygen atoms in total. The van der Waals surface area contributed by atoms with Gasteiger partial charge in [0.15, 0.2) is 5.78 Å². The van der Waals surface area contributed by atoms with Crippen LogP contribution >= 0.6 is 0 Å². The van der Waals surface area contributed by atoms with Gasteiger partial charge in [-0.25, -0.2) is 0 Å². The van der Waals surface area contributed by atoms with E-state index in [4.69, 9.17) is 4.74 Å². The van der Waals surface area contributed by atoms with Crippen LogP contribution in [-0.2, 0) is 0 Å². The van der Waals surface area contributed by atoms with E-state index in [0.717, 1.165) is 17.7 Å². The molecule has 20 heavy (non-hydrogen) atoms. The topological polar surface area (TPSA) is 26.3 Å². The fourth-order valence-electron chi connectivity index (χ4n) is 2.54. The standard InChI is InChI=1S/C18H28O2/c1-13(2)20-16-9-7-15(8-10-16)17(19)11-14(3)12-18(4,5)6/h7-10,13-14H,11-12H2,1-6H3. The smallest absolute Gasteiger partial charge is 0.163 e. The molecule has 1 unspecified atom stereocenters. The minimum atomic E-state index is 0.156. The Morgan fingerprint density at radius 3 is 2.10 bits per heavy atom. The first-order valence-electron chi connectivity index (χ1n) is 7.47. The summed E-state index contributed by atoms with van der Waals surface area (Å²) in [6.45, 7) is 12.8. The highest BCUT2D eigenvalue weighted by Crippen LogP contribution is 2.27. The van der Waals surface area contributed by atoms with Gasteiger partial charge >= 0.3 is 0 Å². The Morgan fingerprint density at radius 1 is 1.10 bits per heavy atom. The largest absolute Gasteiger partial charge is 0.491 e. The van der Waals surface area contributed by atoms with Gasteiger partial charge in [0, 0.05) is 12.0 Å². The molecule has 0 amide bonds. The molecule has 0 fully saturated rings. The van der Waals surface area contributed by atoms with Crippen LogP contribution in [0.2, 0.25) is 0 Å². The maximum atomic E-state index is 12.2. The van der Waals surface area contributed by atoms with Crippen LogP contribution in [0.3, 0.4) is 0 Å².